The number of hydrogen-bond donors (Lipinski definition) is 2. The molecule has 0 fully saturated rings. The summed E-state index contributed by atoms with van der Waals surface area (Å²) in [5.74, 6) is -5.39. The number of carboxylic acids is 1. The van der Waals surface area contributed by atoms with Crippen LogP contribution in [-0.4, -0.2) is 38.2 Å². The number of carbonyl (C=O) groups is 2. The van der Waals surface area contributed by atoms with Crippen molar-refractivity contribution in [3.63, 3.8) is 0 Å². The molecule has 0 aliphatic carbocycles. The van der Waals surface area contributed by atoms with Gasteiger partial charge in [0.2, 0.25) is 17.7 Å². The molecule has 6 nitrogen and oxygen atoms in total. The molecule has 9 heteroatoms. The number of nitrogens with zero attached hydrogens (tertiary/aromatic N) is 2. The van der Waals surface area contributed by atoms with Crippen LogP contribution in [0.1, 0.15) is 38.1 Å². The Hall–Kier alpha value is -1.62. The average molecular weight is 454 g/mol. The summed E-state index contributed by atoms with van der Waals surface area (Å²) in [4.78, 5) is 26.6. The molecule has 0 bridgehead atoms. The predicted molar refractivity (Wildman–Crippen MR) is 89.5 cm³/mol. The Bertz CT molecular complexity index is 701. The summed E-state index contributed by atoms with van der Waals surface area (Å²) in [5, 5.41) is 19.8. The van der Waals surface area contributed by atoms with E-state index >= 15 is 0 Å². The lowest BCUT2D eigenvalue weighted by molar-refractivity contribution is -0.133. The van der Waals surface area contributed by atoms with Gasteiger partial charge in [-0.15, -0.1) is 0 Å². The van der Waals surface area contributed by atoms with E-state index in [4.69, 9.17) is 0 Å². The number of aliphatic carboxylic acids is 1. The molecule has 0 spiro atoms. The Balaban J connectivity index is 3.31. The zero-order chi connectivity index (χ0) is 18.8. The molecule has 0 aliphatic rings. The standard InChI is InChI=1S/C15H17F2IN2O4/c1-7(15(2,3)4)20(24)6-9(14(22)23)11(21)8-5-10(18)13(17)19-12(8)16/h5-7,24H,1-4H3,(H,22,23). The molecule has 1 heterocycles. The van der Waals surface area contributed by atoms with Gasteiger partial charge in [0.1, 0.15) is 5.57 Å². The lowest BCUT2D eigenvalue weighted by Gasteiger charge is -2.32. The highest BCUT2D eigenvalue weighted by Gasteiger charge is 2.29. The molecular weight excluding hydrogens is 437 g/mol. The second-order valence-corrected chi connectivity index (χ2v) is 7.36. The third kappa shape index (κ3) is 4.69. The van der Waals surface area contributed by atoms with Crippen molar-refractivity contribution in [1.29, 1.82) is 0 Å². The van der Waals surface area contributed by atoms with Crippen LogP contribution in [0.15, 0.2) is 17.8 Å². The van der Waals surface area contributed by atoms with Crippen molar-refractivity contribution >= 4 is 34.3 Å². The molecule has 1 atom stereocenters. The van der Waals surface area contributed by atoms with Crippen molar-refractivity contribution in [2.45, 2.75) is 33.7 Å². The molecule has 24 heavy (non-hydrogen) atoms. The van der Waals surface area contributed by atoms with Gasteiger partial charge in [0.15, 0.2) is 0 Å². The fraction of sp³-hybridized carbons (Fsp3) is 0.400. The highest BCUT2D eigenvalue weighted by molar-refractivity contribution is 14.1. The number of carbonyl (C=O) groups excluding carboxylic acids is 1. The maximum Gasteiger partial charge on any atom is 0.341 e. The third-order valence-electron chi connectivity index (χ3n) is 3.52. The molecule has 1 unspecified atom stereocenters. The van der Waals surface area contributed by atoms with Crippen LogP contribution in [0, 0.1) is 20.9 Å². The number of Topliss-reactive ketones (excluding diaryl/α,β-unsaturated/α-hetero) is 1. The summed E-state index contributed by atoms with van der Waals surface area (Å²) in [7, 11) is 0. The van der Waals surface area contributed by atoms with Crippen LogP contribution in [0.25, 0.3) is 0 Å². The molecule has 1 aromatic rings. The van der Waals surface area contributed by atoms with E-state index in [0.29, 0.717) is 5.06 Å². The van der Waals surface area contributed by atoms with Crippen molar-refractivity contribution in [3.8, 4) is 0 Å². The minimum atomic E-state index is -1.65. The molecule has 2 N–H and O–H groups in total. The second kappa shape index (κ2) is 7.51. The Morgan fingerprint density at radius 3 is 2.33 bits per heavy atom. The van der Waals surface area contributed by atoms with Crippen LogP contribution in [0.2, 0.25) is 0 Å². The van der Waals surface area contributed by atoms with Gasteiger partial charge in [-0.2, -0.15) is 13.8 Å². The van der Waals surface area contributed by atoms with E-state index in [2.05, 4.69) is 4.98 Å². The Labute approximate surface area is 151 Å². The monoisotopic (exact) mass is 454 g/mol. The second-order valence-electron chi connectivity index (χ2n) is 6.20. The number of halogens is 3. The Kier molecular flexibility index (Phi) is 6.39. The highest BCUT2D eigenvalue weighted by atomic mass is 127. The Morgan fingerprint density at radius 2 is 1.88 bits per heavy atom. The van der Waals surface area contributed by atoms with E-state index in [1.807, 2.05) is 20.8 Å². The first-order valence-corrected chi connectivity index (χ1v) is 7.92. The summed E-state index contributed by atoms with van der Waals surface area (Å²) in [6.45, 7) is 7.05. The van der Waals surface area contributed by atoms with E-state index in [-0.39, 0.29) is 3.57 Å². The molecule has 132 valence electrons. The van der Waals surface area contributed by atoms with E-state index < -0.39 is 46.2 Å². The summed E-state index contributed by atoms with van der Waals surface area (Å²) < 4.78 is 26.8. The zero-order valence-corrected chi connectivity index (χ0v) is 15.6. The van der Waals surface area contributed by atoms with Gasteiger partial charge in [-0.25, -0.2) is 4.79 Å². The maximum absolute atomic E-state index is 13.7. The molecule has 1 rings (SSSR count). The lowest BCUT2D eigenvalue weighted by atomic mass is 9.88. The molecule has 0 saturated carbocycles. The first kappa shape index (κ1) is 20.4. The molecule has 0 aromatic carbocycles. The summed E-state index contributed by atoms with van der Waals surface area (Å²) >= 11 is 1.50. The highest BCUT2D eigenvalue weighted by Crippen LogP contribution is 2.24. The Morgan fingerprint density at radius 1 is 1.33 bits per heavy atom. The van der Waals surface area contributed by atoms with Gasteiger partial charge >= 0.3 is 5.97 Å². The van der Waals surface area contributed by atoms with Gasteiger partial charge in [0.25, 0.3) is 0 Å². The topological polar surface area (TPSA) is 90.7 Å². The first-order valence-electron chi connectivity index (χ1n) is 6.84. The number of ketones is 1. The van der Waals surface area contributed by atoms with Crippen LogP contribution >= 0.6 is 22.6 Å². The van der Waals surface area contributed by atoms with Crippen molar-refractivity contribution in [2.24, 2.45) is 5.41 Å². The van der Waals surface area contributed by atoms with Crippen LogP contribution < -0.4 is 0 Å². The molecule has 0 aliphatic heterocycles. The molecular formula is C15H17F2IN2O4. The van der Waals surface area contributed by atoms with Gasteiger partial charge in [0, 0.05) is 6.20 Å². The van der Waals surface area contributed by atoms with Gasteiger partial charge < -0.3 is 5.11 Å². The molecule has 0 amide bonds. The summed E-state index contributed by atoms with van der Waals surface area (Å²) in [6.07, 6.45) is 0.718. The van der Waals surface area contributed by atoms with Gasteiger partial charge in [-0.05, 0) is 41.0 Å². The van der Waals surface area contributed by atoms with Crippen molar-refractivity contribution in [2.75, 3.05) is 0 Å². The van der Waals surface area contributed by atoms with Crippen LogP contribution in [-0.2, 0) is 4.79 Å². The number of pyridine rings is 1. The maximum atomic E-state index is 13.7. The van der Waals surface area contributed by atoms with Gasteiger partial charge in [-0.1, -0.05) is 20.8 Å². The van der Waals surface area contributed by atoms with E-state index in [0.717, 1.165) is 12.3 Å². The van der Waals surface area contributed by atoms with Crippen molar-refractivity contribution < 1.29 is 28.7 Å². The van der Waals surface area contributed by atoms with Gasteiger partial charge in [0.05, 0.1) is 15.2 Å². The fourth-order valence-electron chi connectivity index (χ4n) is 1.60. The SMILES string of the molecule is CC(N(O)C=C(C(=O)O)C(=O)c1cc(I)c(F)nc1F)C(C)(C)C. The largest absolute Gasteiger partial charge is 0.477 e. The lowest BCUT2D eigenvalue weighted by Crippen LogP contribution is -2.37. The van der Waals surface area contributed by atoms with E-state index in [9.17, 15) is 28.7 Å². The number of carboxylic acid groups (broad SMARTS) is 1. The molecule has 0 saturated heterocycles. The van der Waals surface area contributed by atoms with Crippen LogP contribution in [0.5, 0.6) is 0 Å². The quantitative estimate of drug-likeness (QED) is 0.135. The van der Waals surface area contributed by atoms with Crippen molar-refractivity contribution in [3.05, 3.63) is 38.9 Å². The minimum absolute atomic E-state index is 0.133. The van der Waals surface area contributed by atoms with E-state index in [1.54, 1.807) is 6.92 Å². The smallest absolute Gasteiger partial charge is 0.341 e. The zero-order valence-electron chi connectivity index (χ0n) is 13.5. The number of hydroxylamine groups is 2. The number of aromatic nitrogens is 1. The summed E-state index contributed by atoms with van der Waals surface area (Å²) in [6, 6.07) is 0.336. The average Bonchev–Trinajstić information content (AvgIpc) is 2.45. The number of hydrogen-bond acceptors (Lipinski definition) is 5. The van der Waals surface area contributed by atoms with Crippen molar-refractivity contribution in [1.82, 2.24) is 10.0 Å². The first-order chi connectivity index (χ1) is 10.9. The molecule has 0 radical (unpaired) electrons. The third-order valence-corrected chi connectivity index (χ3v) is 4.27. The van der Waals surface area contributed by atoms with E-state index in [1.165, 1.54) is 22.6 Å². The summed E-state index contributed by atoms with van der Waals surface area (Å²) in [5.41, 5.74) is -1.97. The number of rotatable bonds is 5. The normalized spacial score (nSPS) is 13.6. The van der Waals surface area contributed by atoms with Crippen LogP contribution in [0.3, 0.4) is 0 Å². The van der Waals surface area contributed by atoms with Gasteiger partial charge in [-0.3, -0.25) is 15.1 Å². The minimum Gasteiger partial charge on any atom is -0.477 e. The fourth-order valence-corrected chi connectivity index (χ4v) is 2.03. The van der Waals surface area contributed by atoms with Crippen LogP contribution in [0.4, 0.5) is 8.78 Å². The molecule has 1 aromatic heterocycles. The predicted octanol–water partition coefficient (Wildman–Crippen LogP) is 3.24.